The van der Waals surface area contributed by atoms with Crippen LogP contribution in [0, 0.1) is 0 Å². The Kier molecular flexibility index (Phi) is 3.68. The van der Waals surface area contributed by atoms with E-state index >= 15 is 0 Å². The van der Waals surface area contributed by atoms with Gasteiger partial charge in [0.25, 0.3) is 0 Å². The molecule has 5 rings (SSSR count). The number of benzene rings is 1. The van der Waals surface area contributed by atoms with E-state index in [0.29, 0.717) is 24.4 Å². The number of fused-ring (bicyclic) bond motifs is 3. The van der Waals surface area contributed by atoms with Gasteiger partial charge in [-0.25, -0.2) is 14.8 Å². The summed E-state index contributed by atoms with van der Waals surface area (Å²) in [6.07, 6.45) is 2.59. The van der Waals surface area contributed by atoms with E-state index in [1.165, 1.54) is 4.90 Å². The van der Waals surface area contributed by atoms with Gasteiger partial charge in [-0.05, 0) is 31.0 Å². The number of nitrogens with zero attached hydrogens (tertiary/aromatic N) is 4. The van der Waals surface area contributed by atoms with Crippen LogP contribution >= 0.6 is 0 Å². The molecule has 9 heteroatoms. The highest BCUT2D eigenvalue weighted by Crippen LogP contribution is 2.32. The molecular weight excluding hydrogens is 358 g/mol. The van der Waals surface area contributed by atoms with Crippen LogP contribution < -0.4 is 5.73 Å². The number of pyridine rings is 1. The molecule has 5 N–H and O–H groups in total. The van der Waals surface area contributed by atoms with Gasteiger partial charge in [-0.2, -0.15) is 5.10 Å². The molecule has 1 aliphatic heterocycles. The summed E-state index contributed by atoms with van der Waals surface area (Å²) in [5, 5.41) is 17.2. The maximum Gasteiger partial charge on any atom is 0.407 e. The molecule has 9 nitrogen and oxygen atoms in total. The average Bonchev–Trinajstić information content (AvgIpc) is 3.38. The van der Waals surface area contributed by atoms with Crippen LogP contribution in [0.2, 0.25) is 0 Å². The highest BCUT2D eigenvalue weighted by atomic mass is 16.4. The summed E-state index contributed by atoms with van der Waals surface area (Å²) in [5.74, 6) is 1.14. The number of H-pyrrole nitrogens is 2. The van der Waals surface area contributed by atoms with Crippen LogP contribution in [0.5, 0.6) is 0 Å². The van der Waals surface area contributed by atoms with E-state index in [2.05, 4.69) is 25.1 Å². The van der Waals surface area contributed by atoms with Crippen molar-refractivity contribution in [3.05, 3.63) is 36.3 Å². The Bertz CT molecular complexity index is 1180. The van der Waals surface area contributed by atoms with Crippen molar-refractivity contribution in [2.75, 3.05) is 18.8 Å². The second kappa shape index (κ2) is 6.22. The second-order valence-corrected chi connectivity index (χ2v) is 7.10. The van der Waals surface area contributed by atoms with Crippen molar-refractivity contribution < 1.29 is 9.90 Å². The third kappa shape index (κ3) is 2.63. The minimum atomic E-state index is -0.890. The summed E-state index contributed by atoms with van der Waals surface area (Å²) >= 11 is 0. The number of nitrogens with two attached hydrogens (primary N) is 1. The highest BCUT2D eigenvalue weighted by Gasteiger charge is 2.27. The molecule has 1 atom stereocenters. The number of aromatic nitrogens is 5. The van der Waals surface area contributed by atoms with E-state index in [0.717, 1.165) is 46.3 Å². The molecule has 0 bridgehead atoms. The van der Waals surface area contributed by atoms with Gasteiger partial charge >= 0.3 is 6.09 Å². The molecule has 0 aliphatic carbocycles. The number of carbonyl (C=O) groups is 1. The molecule has 1 fully saturated rings. The Morgan fingerprint density at radius 1 is 1.29 bits per heavy atom. The summed E-state index contributed by atoms with van der Waals surface area (Å²) in [5.41, 5.74) is 10.2. The number of nitrogen functional groups attached to an aromatic ring is 1. The summed E-state index contributed by atoms with van der Waals surface area (Å²) < 4.78 is 0. The number of aromatic amines is 2. The number of rotatable bonds is 2. The van der Waals surface area contributed by atoms with Crippen molar-refractivity contribution >= 4 is 33.8 Å². The van der Waals surface area contributed by atoms with Gasteiger partial charge in [-0.15, -0.1) is 0 Å². The normalized spacial score (nSPS) is 17.4. The number of amides is 1. The Morgan fingerprint density at radius 2 is 2.18 bits per heavy atom. The molecule has 0 spiro atoms. The molecular formula is C19H19N7O2. The largest absolute Gasteiger partial charge is 0.465 e. The summed E-state index contributed by atoms with van der Waals surface area (Å²) in [7, 11) is 0. The number of hydrogen-bond acceptors (Lipinski definition) is 5. The lowest BCUT2D eigenvalue weighted by molar-refractivity contribution is 0.129. The zero-order chi connectivity index (χ0) is 19.3. The minimum Gasteiger partial charge on any atom is -0.465 e. The molecule has 4 heterocycles. The summed E-state index contributed by atoms with van der Waals surface area (Å²) in [4.78, 5) is 25.4. The lowest BCUT2D eigenvalue weighted by Gasteiger charge is -2.29. The Labute approximate surface area is 159 Å². The lowest BCUT2D eigenvalue weighted by Crippen LogP contribution is -2.38. The summed E-state index contributed by atoms with van der Waals surface area (Å²) in [6.45, 7) is 0.998. The zero-order valence-corrected chi connectivity index (χ0v) is 15.0. The molecule has 0 unspecified atom stereocenters. The Morgan fingerprint density at radius 3 is 2.96 bits per heavy atom. The molecule has 1 aliphatic rings. The van der Waals surface area contributed by atoms with Crippen LogP contribution in [0.25, 0.3) is 33.2 Å². The zero-order valence-electron chi connectivity index (χ0n) is 15.0. The van der Waals surface area contributed by atoms with Gasteiger partial charge in [0.2, 0.25) is 0 Å². The fraction of sp³-hybridized carbons (Fsp3) is 0.263. The van der Waals surface area contributed by atoms with Crippen LogP contribution in [0.3, 0.4) is 0 Å². The number of anilines is 1. The molecule has 1 saturated heterocycles. The van der Waals surface area contributed by atoms with Gasteiger partial charge in [0.1, 0.15) is 11.3 Å². The summed E-state index contributed by atoms with van der Waals surface area (Å²) in [6, 6.07) is 7.83. The molecule has 0 radical (unpaired) electrons. The molecule has 142 valence electrons. The smallest absolute Gasteiger partial charge is 0.407 e. The Hall–Kier alpha value is -3.62. The fourth-order valence-electron chi connectivity index (χ4n) is 3.94. The number of piperidine rings is 1. The van der Waals surface area contributed by atoms with Crippen molar-refractivity contribution in [1.29, 1.82) is 0 Å². The predicted molar refractivity (Wildman–Crippen MR) is 105 cm³/mol. The van der Waals surface area contributed by atoms with Gasteiger partial charge in [0, 0.05) is 36.2 Å². The van der Waals surface area contributed by atoms with Crippen LogP contribution in [-0.2, 0) is 0 Å². The topological polar surface area (TPSA) is 137 Å². The van der Waals surface area contributed by atoms with Crippen molar-refractivity contribution in [3.8, 4) is 11.3 Å². The number of imidazole rings is 1. The van der Waals surface area contributed by atoms with E-state index in [9.17, 15) is 9.90 Å². The number of hydrogen-bond donors (Lipinski definition) is 4. The molecule has 4 aromatic rings. The Balaban J connectivity index is 1.60. The number of likely N-dealkylation sites (tertiary alicyclic amines) is 1. The first-order valence-corrected chi connectivity index (χ1v) is 9.17. The van der Waals surface area contributed by atoms with Gasteiger partial charge in [-0.1, -0.05) is 6.07 Å². The SMILES string of the molecule is Nc1nc2cc(-c3cc[nH]n3)ccc2c2[nH]c([C@@H]3CCCN(C(=O)O)C3)nc12. The third-order valence-corrected chi connectivity index (χ3v) is 5.35. The quantitative estimate of drug-likeness (QED) is 0.424. The molecule has 1 aromatic carbocycles. The fourth-order valence-corrected chi connectivity index (χ4v) is 3.94. The standard InChI is InChI=1S/C19H19N7O2/c20-17-16-15(23-18(24-16)11-2-1-7-26(9-11)19(27)28)12-4-3-10(8-14(12)22-17)13-5-6-21-25-13/h3-6,8,11H,1-2,7,9H2,(H2,20,22)(H,21,25)(H,23,24)(H,27,28)/t11-/m1/s1. The van der Waals surface area contributed by atoms with Crippen LogP contribution in [-0.4, -0.2) is 54.3 Å². The van der Waals surface area contributed by atoms with Crippen molar-refractivity contribution in [2.45, 2.75) is 18.8 Å². The van der Waals surface area contributed by atoms with Crippen LogP contribution in [0.15, 0.2) is 30.5 Å². The first-order chi connectivity index (χ1) is 13.6. The first-order valence-electron chi connectivity index (χ1n) is 9.17. The van der Waals surface area contributed by atoms with E-state index in [4.69, 9.17) is 5.73 Å². The van der Waals surface area contributed by atoms with Crippen LogP contribution in [0.1, 0.15) is 24.6 Å². The maximum atomic E-state index is 11.3. The van der Waals surface area contributed by atoms with Gasteiger partial charge in [0.15, 0.2) is 5.82 Å². The average molecular weight is 377 g/mol. The van der Waals surface area contributed by atoms with Crippen molar-refractivity contribution in [2.24, 2.45) is 0 Å². The van der Waals surface area contributed by atoms with Crippen LogP contribution in [0.4, 0.5) is 10.6 Å². The first kappa shape index (κ1) is 16.5. The van der Waals surface area contributed by atoms with Gasteiger partial charge < -0.3 is 20.7 Å². The molecule has 1 amide bonds. The number of carboxylic acid groups (broad SMARTS) is 1. The third-order valence-electron chi connectivity index (χ3n) is 5.35. The second-order valence-electron chi connectivity index (χ2n) is 7.10. The molecule has 28 heavy (non-hydrogen) atoms. The molecule has 3 aromatic heterocycles. The van der Waals surface area contributed by atoms with Gasteiger partial charge in [-0.3, -0.25) is 5.10 Å². The minimum absolute atomic E-state index is 0.0232. The van der Waals surface area contributed by atoms with E-state index in [1.54, 1.807) is 6.20 Å². The predicted octanol–water partition coefficient (Wildman–Crippen LogP) is 2.94. The van der Waals surface area contributed by atoms with E-state index in [1.807, 2.05) is 24.3 Å². The molecule has 0 saturated carbocycles. The van der Waals surface area contributed by atoms with Crippen molar-refractivity contribution in [1.82, 2.24) is 30.0 Å². The lowest BCUT2D eigenvalue weighted by atomic mass is 9.98. The van der Waals surface area contributed by atoms with Crippen molar-refractivity contribution in [3.63, 3.8) is 0 Å². The number of nitrogens with one attached hydrogen (secondary N) is 2. The highest BCUT2D eigenvalue weighted by molar-refractivity contribution is 6.07. The van der Waals surface area contributed by atoms with Gasteiger partial charge in [0.05, 0.1) is 16.7 Å². The van der Waals surface area contributed by atoms with E-state index < -0.39 is 6.09 Å². The van der Waals surface area contributed by atoms with E-state index in [-0.39, 0.29) is 5.92 Å². The monoisotopic (exact) mass is 377 g/mol. The maximum absolute atomic E-state index is 11.3.